The molecule has 2 atom stereocenters. The molecule has 3 aliphatic rings. The highest BCUT2D eigenvalue weighted by atomic mass is 15.2. The lowest BCUT2D eigenvalue weighted by molar-refractivity contribution is 0.0916. The Morgan fingerprint density at radius 3 is 2.55 bits per heavy atom. The molecule has 2 saturated carbocycles. The van der Waals surface area contributed by atoms with Gasteiger partial charge in [0.25, 0.3) is 0 Å². The van der Waals surface area contributed by atoms with E-state index in [0.717, 1.165) is 23.9 Å². The average Bonchev–Trinajstić information content (AvgIpc) is 3.32. The van der Waals surface area contributed by atoms with E-state index in [1.807, 2.05) is 0 Å². The van der Waals surface area contributed by atoms with Crippen molar-refractivity contribution in [2.75, 3.05) is 19.6 Å². The fraction of sp³-hybridized carbons (Fsp3) is 1.00. The van der Waals surface area contributed by atoms with Crippen molar-refractivity contribution in [3.63, 3.8) is 0 Å². The van der Waals surface area contributed by atoms with Crippen LogP contribution in [0.15, 0.2) is 0 Å². The van der Waals surface area contributed by atoms with Gasteiger partial charge < -0.3 is 5.32 Å². The molecule has 1 heterocycles. The first kappa shape index (κ1) is 14.8. The Hall–Kier alpha value is -0.0800. The van der Waals surface area contributed by atoms with E-state index in [2.05, 4.69) is 17.1 Å². The molecule has 0 aromatic carbocycles. The van der Waals surface area contributed by atoms with Crippen LogP contribution in [-0.4, -0.2) is 36.6 Å². The Bertz CT molecular complexity index is 281. The maximum absolute atomic E-state index is 3.89. The van der Waals surface area contributed by atoms with Crippen molar-refractivity contribution in [1.82, 2.24) is 10.2 Å². The number of nitrogens with zero attached hydrogens (tertiary/aromatic N) is 1. The first-order valence-corrected chi connectivity index (χ1v) is 9.34. The molecule has 1 N–H and O–H groups in total. The Morgan fingerprint density at radius 2 is 1.85 bits per heavy atom. The molecule has 2 nitrogen and oxygen atoms in total. The van der Waals surface area contributed by atoms with Gasteiger partial charge in [0.05, 0.1) is 0 Å². The third kappa shape index (κ3) is 3.98. The molecule has 2 heteroatoms. The van der Waals surface area contributed by atoms with Gasteiger partial charge in [-0.3, -0.25) is 4.90 Å². The van der Waals surface area contributed by atoms with Crippen molar-refractivity contribution in [2.24, 2.45) is 11.8 Å². The lowest BCUT2D eigenvalue weighted by Gasteiger charge is -2.44. The lowest BCUT2D eigenvalue weighted by atomic mass is 9.82. The van der Waals surface area contributed by atoms with Crippen molar-refractivity contribution in [1.29, 1.82) is 0 Å². The van der Waals surface area contributed by atoms with Gasteiger partial charge in [0.1, 0.15) is 0 Å². The summed E-state index contributed by atoms with van der Waals surface area (Å²) in [5.41, 5.74) is 0. The van der Waals surface area contributed by atoms with Gasteiger partial charge in [-0.2, -0.15) is 0 Å². The molecule has 2 unspecified atom stereocenters. The maximum Gasteiger partial charge on any atom is 0.0224 e. The summed E-state index contributed by atoms with van der Waals surface area (Å²) in [5, 5.41) is 3.89. The van der Waals surface area contributed by atoms with Crippen LogP contribution in [0, 0.1) is 11.8 Å². The van der Waals surface area contributed by atoms with Gasteiger partial charge in [-0.05, 0) is 50.5 Å². The summed E-state index contributed by atoms with van der Waals surface area (Å²) in [7, 11) is 0. The quantitative estimate of drug-likeness (QED) is 0.795. The molecule has 1 aliphatic heterocycles. The van der Waals surface area contributed by atoms with Crippen molar-refractivity contribution >= 4 is 0 Å². The second kappa shape index (κ2) is 7.26. The van der Waals surface area contributed by atoms with Crippen LogP contribution in [0.4, 0.5) is 0 Å². The van der Waals surface area contributed by atoms with Gasteiger partial charge in [-0.25, -0.2) is 0 Å². The zero-order valence-corrected chi connectivity index (χ0v) is 13.4. The molecule has 0 radical (unpaired) electrons. The van der Waals surface area contributed by atoms with Crippen LogP contribution in [0.2, 0.25) is 0 Å². The minimum Gasteiger partial charge on any atom is -0.311 e. The number of piperazine rings is 1. The molecule has 0 bridgehead atoms. The average molecular weight is 278 g/mol. The topological polar surface area (TPSA) is 15.3 Å². The van der Waals surface area contributed by atoms with E-state index < -0.39 is 0 Å². The summed E-state index contributed by atoms with van der Waals surface area (Å²) in [5.74, 6) is 2.07. The summed E-state index contributed by atoms with van der Waals surface area (Å²) in [6.45, 7) is 6.29. The Balaban J connectivity index is 1.48. The molecule has 0 aromatic rings. The highest BCUT2D eigenvalue weighted by molar-refractivity contribution is 4.90. The zero-order valence-electron chi connectivity index (χ0n) is 13.4. The molecule has 0 amide bonds. The molecular weight excluding hydrogens is 244 g/mol. The van der Waals surface area contributed by atoms with Crippen LogP contribution in [-0.2, 0) is 0 Å². The fourth-order valence-electron chi connectivity index (χ4n) is 4.40. The molecule has 20 heavy (non-hydrogen) atoms. The second-order valence-corrected chi connectivity index (χ2v) is 7.56. The zero-order chi connectivity index (χ0) is 13.8. The standard InChI is InChI=1S/C18H34N2/c1-2-17-13-19-18(16-8-4-3-5-9-16)14-20(17)12-6-7-15-10-11-15/h15-19H,2-14H2,1H3. The van der Waals surface area contributed by atoms with E-state index in [1.165, 1.54) is 83.8 Å². The molecule has 2 aliphatic carbocycles. The molecule has 3 rings (SSSR count). The number of hydrogen-bond acceptors (Lipinski definition) is 2. The minimum absolute atomic E-state index is 0.791. The van der Waals surface area contributed by atoms with E-state index in [1.54, 1.807) is 0 Å². The number of nitrogens with one attached hydrogen (secondary N) is 1. The summed E-state index contributed by atoms with van der Waals surface area (Å²) in [6.07, 6.45) is 14.7. The smallest absolute Gasteiger partial charge is 0.0224 e. The first-order chi connectivity index (χ1) is 9.86. The van der Waals surface area contributed by atoms with E-state index in [4.69, 9.17) is 0 Å². The predicted molar refractivity (Wildman–Crippen MR) is 86.0 cm³/mol. The van der Waals surface area contributed by atoms with Crippen molar-refractivity contribution in [3.05, 3.63) is 0 Å². The summed E-state index contributed by atoms with van der Waals surface area (Å²) in [4.78, 5) is 2.83. The molecule has 1 saturated heterocycles. The highest BCUT2D eigenvalue weighted by Gasteiger charge is 2.32. The summed E-state index contributed by atoms with van der Waals surface area (Å²) >= 11 is 0. The maximum atomic E-state index is 3.89. The van der Waals surface area contributed by atoms with Gasteiger partial charge in [0.15, 0.2) is 0 Å². The van der Waals surface area contributed by atoms with Gasteiger partial charge in [-0.1, -0.05) is 39.0 Å². The third-order valence-corrected chi connectivity index (χ3v) is 6.01. The molecule has 3 fully saturated rings. The van der Waals surface area contributed by atoms with Crippen LogP contribution < -0.4 is 5.32 Å². The van der Waals surface area contributed by atoms with E-state index in [0.29, 0.717) is 0 Å². The van der Waals surface area contributed by atoms with Crippen molar-refractivity contribution in [3.8, 4) is 0 Å². The van der Waals surface area contributed by atoms with Gasteiger partial charge >= 0.3 is 0 Å². The summed E-state index contributed by atoms with van der Waals surface area (Å²) in [6, 6.07) is 1.59. The van der Waals surface area contributed by atoms with Crippen molar-refractivity contribution < 1.29 is 0 Å². The minimum atomic E-state index is 0.791. The van der Waals surface area contributed by atoms with E-state index in [9.17, 15) is 0 Å². The first-order valence-electron chi connectivity index (χ1n) is 9.34. The van der Waals surface area contributed by atoms with Crippen LogP contribution >= 0.6 is 0 Å². The normalized spacial score (nSPS) is 33.5. The van der Waals surface area contributed by atoms with Crippen LogP contribution in [0.5, 0.6) is 0 Å². The summed E-state index contributed by atoms with van der Waals surface area (Å²) < 4.78 is 0. The number of hydrogen-bond donors (Lipinski definition) is 1. The largest absolute Gasteiger partial charge is 0.311 e. The van der Waals surface area contributed by atoms with Gasteiger partial charge in [-0.15, -0.1) is 0 Å². The van der Waals surface area contributed by atoms with Crippen molar-refractivity contribution in [2.45, 2.75) is 83.2 Å². The Labute approximate surface area is 125 Å². The number of rotatable bonds is 6. The highest BCUT2D eigenvalue weighted by Crippen LogP contribution is 2.34. The molecular formula is C18H34N2. The molecule has 116 valence electrons. The second-order valence-electron chi connectivity index (χ2n) is 7.56. The van der Waals surface area contributed by atoms with Crippen LogP contribution in [0.3, 0.4) is 0 Å². The monoisotopic (exact) mass is 278 g/mol. The van der Waals surface area contributed by atoms with Gasteiger partial charge in [0.2, 0.25) is 0 Å². The van der Waals surface area contributed by atoms with Crippen LogP contribution in [0.25, 0.3) is 0 Å². The Morgan fingerprint density at radius 1 is 1.05 bits per heavy atom. The third-order valence-electron chi connectivity index (χ3n) is 6.01. The van der Waals surface area contributed by atoms with E-state index >= 15 is 0 Å². The van der Waals surface area contributed by atoms with Gasteiger partial charge in [0, 0.05) is 25.2 Å². The molecule has 0 spiro atoms. The lowest BCUT2D eigenvalue weighted by Crippen LogP contribution is -2.58. The SMILES string of the molecule is CCC1CNC(C2CCCCC2)CN1CCCC1CC1. The Kier molecular flexibility index (Phi) is 5.39. The van der Waals surface area contributed by atoms with Crippen LogP contribution in [0.1, 0.15) is 71.1 Å². The predicted octanol–water partition coefficient (Wildman–Crippen LogP) is 3.81. The fourth-order valence-corrected chi connectivity index (χ4v) is 4.40. The van der Waals surface area contributed by atoms with E-state index in [-0.39, 0.29) is 0 Å². The molecule has 0 aromatic heterocycles.